The Bertz CT molecular complexity index is 1060. The van der Waals surface area contributed by atoms with Crippen LogP contribution in [0.4, 0.5) is 0 Å². The van der Waals surface area contributed by atoms with Gasteiger partial charge in [0, 0.05) is 34.2 Å². The van der Waals surface area contributed by atoms with Crippen LogP contribution in [0.3, 0.4) is 0 Å². The highest BCUT2D eigenvalue weighted by atomic mass is 35.5. The minimum Gasteiger partial charge on any atom is -0.352 e. The molecule has 6 nitrogen and oxygen atoms in total. The number of hydrazone groups is 1. The lowest BCUT2D eigenvalue weighted by Gasteiger charge is -2.09. The molecule has 0 saturated carbocycles. The van der Waals surface area contributed by atoms with Crippen LogP contribution >= 0.6 is 11.6 Å². The number of hydrogen-bond donors (Lipinski definition) is 2. The molecule has 154 valence electrons. The summed E-state index contributed by atoms with van der Waals surface area (Å²) in [5, 5.41) is 7.39. The zero-order chi connectivity index (χ0) is 21.5. The number of carbonyl (C=O) groups is 2. The van der Waals surface area contributed by atoms with Gasteiger partial charge in [0.2, 0.25) is 11.8 Å². The number of carbonyl (C=O) groups excluding carboxylic acids is 2. The first-order valence-electron chi connectivity index (χ1n) is 9.51. The lowest BCUT2D eigenvalue weighted by atomic mass is 10.2. The van der Waals surface area contributed by atoms with Gasteiger partial charge in [-0.3, -0.25) is 9.59 Å². The minimum atomic E-state index is -0.469. The van der Waals surface area contributed by atoms with E-state index < -0.39 is 5.91 Å². The maximum Gasteiger partial charge on any atom is 0.249 e. The van der Waals surface area contributed by atoms with E-state index in [0.29, 0.717) is 11.6 Å². The van der Waals surface area contributed by atoms with Crippen molar-refractivity contribution in [2.45, 2.75) is 26.8 Å². The van der Waals surface area contributed by atoms with Crippen LogP contribution in [-0.4, -0.2) is 22.6 Å². The lowest BCUT2D eigenvalue weighted by molar-refractivity contribution is -0.129. The van der Waals surface area contributed by atoms with Crippen molar-refractivity contribution in [3.8, 4) is 5.69 Å². The van der Waals surface area contributed by atoms with Crippen LogP contribution in [0.5, 0.6) is 0 Å². The normalized spacial score (nSPS) is 10.9. The molecule has 3 aromatic rings. The molecular formula is C23H23ClN4O2. The molecule has 2 aromatic carbocycles. The highest BCUT2D eigenvalue weighted by Gasteiger charge is 2.11. The Kier molecular flexibility index (Phi) is 7.03. The molecule has 2 N–H and O–H groups in total. The predicted octanol–water partition coefficient (Wildman–Crippen LogP) is 3.90. The number of rotatable bonds is 7. The molecule has 0 aliphatic rings. The van der Waals surface area contributed by atoms with E-state index in [-0.39, 0.29) is 12.3 Å². The van der Waals surface area contributed by atoms with Gasteiger partial charge in [-0.2, -0.15) is 5.10 Å². The number of aromatic nitrogens is 1. The van der Waals surface area contributed by atoms with Crippen molar-refractivity contribution in [3.05, 3.63) is 88.2 Å². The molecule has 0 fully saturated rings. The second-order valence-corrected chi connectivity index (χ2v) is 7.31. The molecule has 0 radical (unpaired) electrons. The monoisotopic (exact) mass is 422 g/mol. The first-order valence-corrected chi connectivity index (χ1v) is 9.89. The Morgan fingerprint density at radius 1 is 1.03 bits per heavy atom. The van der Waals surface area contributed by atoms with Crippen molar-refractivity contribution in [3.63, 3.8) is 0 Å². The number of halogens is 1. The van der Waals surface area contributed by atoms with Crippen LogP contribution in [-0.2, 0) is 16.1 Å². The fourth-order valence-corrected chi connectivity index (χ4v) is 3.25. The van der Waals surface area contributed by atoms with E-state index in [4.69, 9.17) is 11.6 Å². The summed E-state index contributed by atoms with van der Waals surface area (Å²) in [6.45, 7) is 4.35. The van der Waals surface area contributed by atoms with E-state index in [2.05, 4.69) is 20.4 Å². The van der Waals surface area contributed by atoms with Gasteiger partial charge >= 0.3 is 0 Å². The molecule has 7 heteroatoms. The molecule has 0 aliphatic heterocycles. The van der Waals surface area contributed by atoms with Crippen LogP contribution in [0.25, 0.3) is 5.69 Å². The molecule has 0 spiro atoms. The topological polar surface area (TPSA) is 75.5 Å². The standard InChI is InChI=1S/C23H23ClN4O2/c1-16-12-19(17(2)28(16)21-10-8-20(24)9-11-21)15-26-27-23(30)13-22(29)25-14-18-6-4-3-5-7-18/h3-12,15H,13-14H2,1-2H3,(H,25,29)(H,27,30)/b26-15+. The molecule has 0 saturated heterocycles. The number of nitrogens with zero attached hydrogens (tertiary/aromatic N) is 2. The van der Waals surface area contributed by atoms with Crippen molar-refractivity contribution in [1.82, 2.24) is 15.3 Å². The average molecular weight is 423 g/mol. The number of nitrogens with one attached hydrogen (secondary N) is 2. The predicted molar refractivity (Wildman–Crippen MR) is 119 cm³/mol. The fraction of sp³-hybridized carbons (Fsp3) is 0.174. The molecule has 2 amide bonds. The van der Waals surface area contributed by atoms with Gasteiger partial charge in [-0.25, -0.2) is 5.43 Å². The first-order chi connectivity index (χ1) is 14.4. The van der Waals surface area contributed by atoms with Gasteiger partial charge in [-0.05, 0) is 49.7 Å². The molecule has 1 aromatic heterocycles. The maximum absolute atomic E-state index is 12.0. The van der Waals surface area contributed by atoms with Gasteiger partial charge in [0.1, 0.15) is 6.42 Å². The summed E-state index contributed by atoms with van der Waals surface area (Å²) in [6, 6.07) is 19.1. The maximum atomic E-state index is 12.0. The summed E-state index contributed by atoms with van der Waals surface area (Å²) in [5.41, 5.74) is 7.25. The summed E-state index contributed by atoms with van der Waals surface area (Å²) in [4.78, 5) is 23.9. The summed E-state index contributed by atoms with van der Waals surface area (Å²) in [7, 11) is 0. The van der Waals surface area contributed by atoms with E-state index in [1.165, 1.54) is 0 Å². The van der Waals surface area contributed by atoms with Gasteiger partial charge in [0.05, 0.1) is 6.21 Å². The summed E-state index contributed by atoms with van der Waals surface area (Å²) < 4.78 is 2.08. The van der Waals surface area contributed by atoms with Gasteiger partial charge in [-0.1, -0.05) is 41.9 Å². The Hall–Kier alpha value is -3.38. The van der Waals surface area contributed by atoms with Crippen molar-refractivity contribution in [1.29, 1.82) is 0 Å². The Morgan fingerprint density at radius 3 is 2.43 bits per heavy atom. The molecule has 0 unspecified atom stereocenters. The van der Waals surface area contributed by atoms with E-state index in [1.54, 1.807) is 6.21 Å². The quantitative estimate of drug-likeness (QED) is 0.344. The number of hydrogen-bond acceptors (Lipinski definition) is 3. The van der Waals surface area contributed by atoms with E-state index in [0.717, 1.165) is 28.2 Å². The van der Waals surface area contributed by atoms with E-state index in [9.17, 15) is 9.59 Å². The van der Waals surface area contributed by atoms with E-state index >= 15 is 0 Å². The molecule has 0 aliphatic carbocycles. The SMILES string of the molecule is Cc1cc(/C=N/NC(=O)CC(=O)NCc2ccccc2)c(C)n1-c1ccc(Cl)cc1. The van der Waals surface area contributed by atoms with Crippen molar-refractivity contribution < 1.29 is 9.59 Å². The van der Waals surface area contributed by atoms with Crippen molar-refractivity contribution in [2.75, 3.05) is 0 Å². The Labute approximate surface area is 180 Å². The van der Waals surface area contributed by atoms with Crippen molar-refractivity contribution >= 4 is 29.6 Å². The highest BCUT2D eigenvalue weighted by Crippen LogP contribution is 2.21. The third kappa shape index (κ3) is 5.58. The molecule has 1 heterocycles. The second-order valence-electron chi connectivity index (χ2n) is 6.87. The average Bonchev–Trinajstić information content (AvgIpc) is 3.01. The zero-order valence-corrected chi connectivity index (χ0v) is 17.6. The largest absolute Gasteiger partial charge is 0.352 e. The molecule has 30 heavy (non-hydrogen) atoms. The number of amides is 2. The molecular weight excluding hydrogens is 400 g/mol. The van der Waals surface area contributed by atoms with Crippen LogP contribution in [0.2, 0.25) is 5.02 Å². The smallest absolute Gasteiger partial charge is 0.249 e. The first kappa shape index (κ1) is 21.3. The van der Waals surface area contributed by atoms with Crippen LogP contribution in [0.1, 0.15) is 28.9 Å². The Morgan fingerprint density at radius 2 is 1.73 bits per heavy atom. The summed E-state index contributed by atoms with van der Waals surface area (Å²) >= 11 is 5.97. The van der Waals surface area contributed by atoms with Gasteiger partial charge in [-0.15, -0.1) is 0 Å². The highest BCUT2D eigenvalue weighted by molar-refractivity contribution is 6.30. The summed E-state index contributed by atoms with van der Waals surface area (Å²) in [6.07, 6.45) is 1.29. The molecule has 3 rings (SSSR count). The van der Waals surface area contributed by atoms with E-state index in [1.807, 2.05) is 74.5 Å². The number of aryl methyl sites for hydroxylation is 1. The Balaban J connectivity index is 1.55. The third-order valence-corrected chi connectivity index (χ3v) is 4.85. The second kappa shape index (κ2) is 9.89. The molecule has 0 atom stereocenters. The zero-order valence-electron chi connectivity index (χ0n) is 16.9. The van der Waals surface area contributed by atoms with Crippen LogP contribution in [0, 0.1) is 13.8 Å². The van der Waals surface area contributed by atoms with Gasteiger partial charge in [0.15, 0.2) is 0 Å². The van der Waals surface area contributed by atoms with Crippen LogP contribution < -0.4 is 10.7 Å². The summed E-state index contributed by atoms with van der Waals surface area (Å²) in [5.74, 6) is -0.823. The van der Waals surface area contributed by atoms with Crippen molar-refractivity contribution in [2.24, 2.45) is 5.10 Å². The minimum absolute atomic E-state index is 0.284. The third-order valence-electron chi connectivity index (χ3n) is 4.60. The van der Waals surface area contributed by atoms with Gasteiger partial charge in [0.25, 0.3) is 0 Å². The fourth-order valence-electron chi connectivity index (χ4n) is 3.12. The van der Waals surface area contributed by atoms with Crippen LogP contribution in [0.15, 0.2) is 65.8 Å². The number of benzene rings is 2. The molecule has 0 bridgehead atoms. The van der Waals surface area contributed by atoms with Gasteiger partial charge < -0.3 is 9.88 Å². The lowest BCUT2D eigenvalue weighted by Crippen LogP contribution is -2.29.